The second-order valence-electron chi connectivity index (χ2n) is 7.28. The molecule has 7 nitrogen and oxygen atoms in total. The van der Waals surface area contributed by atoms with Gasteiger partial charge in [-0.25, -0.2) is 4.79 Å². The molecule has 1 atom stereocenters. The second-order valence-corrected chi connectivity index (χ2v) is 8.23. The number of hydrogen-bond donors (Lipinski definition) is 2. The maximum atomic E-state index is 13.5. The minimum Gasteiger partial charge on any atom is -0.508 e. The van der Waals surface area contributed by atoms with Crippen LogP contribution in [0, 0.1) is 0 Å². The number of carbonyl (C=O) groups excluding carboxylic acids is 2. The Morgan fingerprint density at radius 1 is 1.19 bits per heavy atom. The molecule has 0 spiro atoms. The number of benzene rings is 2. The summed E-state index contributed by atoms with van der Waals surface area (Å²) in [6.45, 7) is 2.04. The molecule has 160 valence electrons. The van der Waals surface area contributed by atoms with Crippen molar-refractivity contribution in [1.29, 1.82) is 0 Å². The Balaban J connectivity index is 1.63. The highest BCUT2D eigenvalue weighted by Crippen LogP contribution is 2.46. The largest absolute Gasteiger partial charge is 0.508 e. The SMILES string of the molecule is CCOC(=O)c1ccc(N2C(=O)c3n[nH]c(-c4cccs4)c3[C@H]2c2cccc(O)c2)cc1. The summed E-state index contributed by atoms with van der Waals surface area (Å²) in [5.41, 5.74) is 3.67. The molecule has 2 N–H and O–H groups in total. The number of fused-ring (bicyclic) bond motifs is 1. The second kappa shape index (κ2) is 7.97. The van der Waals surface area contributed by atoms with Crippen molar-refractivity contribution >= 4 is 28.9 Å². The van der Waals surface area contributed by atoms with Gasteiger partial charge in [0.15, 0.2) is 5.69 Å². The molecule has 8 heteroatoms. The lowest BCUT2D eigenvalue weighted by Gasteiger charge is -2.26. The number of phenols is 1. The number of rotatable bonds is 5. The Labute approximate surface area is 187 Å². The van der Waals surface area contributed by atoms with E-state index in [0.29, 0.717) is 16.9 Å². The number of aromatic hydroxyl groups is 1. The summed E-state index contributed by atoms with van der Waals surface area (Å²) in [5, 5.41) is 19.4. The highest BCUT2D eigenvalue weighted by molar-refractivity contribution is 7.13. The van der Waals surface area contributed by atoms with Crippen LogP contribution < -0.4 is 4.90 Å². The number of esters is 1. The number of nitrogens with zero attached hydrogens (tertiary/aromatic N) is 2. The van der Waals surface area contributed by atoms with Crippen LogP contribution in [0.3, 0.4) is 0 Å². The molecular weight excluding hydrogens is 426 g/mol. The highest BCUT2D eigenvalue weighted by Gasteiger charge is 2.43. The van der Waals surface area contributed by atoms with E-state index in [2.05, 4.69) is 10.2 Å². The van der Waals surface area contributed by atoms with Crippen LogP contribution in [-0.4, -0.2) is 33.8 Å². The minimum atomic E-state index is -0.492. The first kappa shape index (κ1) is 20.0. The van der Waals surface area contributed by atoms with Crippen molar-refractivity contribution in [2.24, 2.45) is 0 Å². The van der Waals surface area contributed by atoms with Gasteiger partial charge in [0.1, 0.15) is 5.75 Å². The van der Waals surface area contributed by atoms with Crippen molar-refractivity contribution in [3.05, 3.63) is 88.4 Å². The molecule has 3 heterocycles. The Kier molecular flexibility index (Phi) is 4.99. The molecule has 0 radical (unpaired) electrons. The molecule has 2 aromatic heterocycles. The molecule has 0 saturated carbocycles. The van der Waals surface area contributed by atoms with Crippen molar-refractivity contribution in [3.63, 3.8) is 0 Å². The van der Waals surface area contributed by atoms with Crippen LogP contribution in [0.5, 0.6) is 5.75 Å². The molecule has 0 aliphatic carbocycles. The molecule has 5 rings (SSSR count). The fraction of sp³-hybridized carbons (Fsp3) is 0.125. The van der Waals surface area contributed by atoms with Crippen molar-refractivity contribution in [3.8, 4) is 16.3 Å². The van der Waals surface area contributed by atoms with Gasteiger partial charge in [-0.05, 0) is 60.3 Å². The fourth-order valence-electron chi connectivity index (χ4n) is 4.00. The zero-order valence-corrected chi connectivity index (χ0v) is 17.9. The van der Waals surface area contributed by atoms with Crippen molar-refractivity contribution in [2.45, 2.75) is 13.0 Å². The van der Waals surface area contributed by atoms with Gasteiger partial charge < -0.3 is 9.84 Å². The van der Waals surface area contributed by atoms with Gasteiger partial charge in [-0.2, -0.15) is 5.10 Å². The van der Waals surface area contributed by atoms with E-state index in [0.717, 1.165) is 21.7 Å². The van der Waals surface area contributed by atoms with E-state index in [4.69, 9.17) is 4.74 Å². The molecular formula is C24H19N3O4S. The Morgan fingerprint density at radius 3 is 2.69 bits per heavy atom. The van der Waals surface area contributed by atoms with E-state index >= 15 is 0 Å². The van der Waals surface area contributed by atoms with Crippen LogP contribution in [0.25, 0.3) is 10.6 Å². The minimum absolute atomic E-state index is 0.113. The molecule has 32 heavy (non-hydrogen) atoms. The third-order valence-corrected chi connectivity index (χ3v) is 6.25. The third-order valence-electron chi connectivity index (χ3n) is 5.37. The van der Waals surface area contributed by atoms with Crippen molar-refractivity contribution < 1.29 is 19.4 Å². The molecule has 0 unspecified atom stereocenters. The summed E-state index contributed by atoms with van der Waals surface area (Å²) < 4.78 is 5.05. The van der Waals surface area contributed by atoms with Crippen LogP contribution in [0.4, 0.5) is 5.69 Å². The van der Waals surface area contributed by atoms with Gasteiger partial charge in [-0.15, -0.1) is 11.3 Å². The molecule has 0 saturated heterocycles. The summed E-state index contributed by atoms with van der Waals surface area (Å²) in [5.74, 6) is -0.553. The van der Waals surface area contributed by atoms with E-state index in [1.165, 1.54) is 0 Å². The van der Waals surface area contributed by atoms with Gasteiger partial charge in [0.2, 0.25) is 0 Å². The van der Waals surface area contributed by atoms with Crippen LogP contribution >= 0.6 is 11.3 Å². The van der Waals surface area contributed by atoms with Crippen LogP contribution in [0.1, 0.15) is 44.9 Å². The lowest BCUT2D eigenvalue weighted by molar-refractivity contribution is 0.0526. The van der Waals surface area contributed by atoms with Gasteiger partial charge in [0.25, 0.3) is 5.91 Å². The van der Waals surface area contributed by atoms with Crippen LogP contribution in [-0.2, 0) is 4.74 Å². The topological polar surface area (TPSA) is 95.5 Å². The Bertz CT molecular complexity index is 1300. The van der Waals surface area contributed by atoms with Crippen LogP contribution in [0.2, 0.25) is 0 Å². The number of nitrogens with one attached hydrogen (secondary N) is 1. The quantitative estimate of drug-likeness (QED) is 0.432. The molecule has 1 amide bonds. The lowest BCUT2D eigenvalue weighted by Crippen LogP contribution is -2.29. The smallest absolute Gasteiger partial charge is 0.338 e. The number of thiophene rings is 1. The predicted octanol–water partition coefficient (Wildman–Crippen LogP) is 4.77. The van der Waals surface area contributed by atoms with Gasteiger partial charge in [0.05, 0.1) is 28.8 Å². The maximum absolute atomic E-state index is 13.5. The molecule has 1 aliphatic rings. The van der Waals surface area contributed by atoms with Crippen LogP contribution in [0.15, 0.2) is 66.0 Å². The summed E-state index contributed by atoms with van der Waals surface area (Å²) in [7, 11) is 0. The average molecular weight is 446 g/mol. The number of hydrogen-bond acceptors (Lipinski definition) is 6. The molecule has 1 aliphatic heterocycles. The lowest BCUT2D eigenvalue weighted by atomic mass is 9.97. The Hall–Kier alpha value is -3.91. The van der Waals surface area contributed by atoms with Gasteiger partial charge in [-0.1, -0.05) is 18.2 Å². The monoisotopic (exact) mass is 445 g/mol. The van der Waals surface area contributed by atoms with E-state index in [1.807, 2.05) is 23.6 Å². The first-order valence-electron chi connectivity index (χ1n) is 10.1. The predicted molar refractivity (Wildman–Crippen MR) is 121 cm³/mol. The maximum Gasteiger partial charge on any atom is 0.338 e. The molecule has 2 aromatic carbocycles. The van der Waals surface area contributed by atoms with Crippen molar-refractivity contribution in [2.75, 3.05) is 11.5 Å². The summed E-state index contributed by atoms with van der Waals surface area (Å²) >= 11 is 1.55. The van der Waals surface area contributed by atoms with Crippen molar-refractivity contribution in [1.82, 2.24) is 10.2 Å². The average Bonchev–Trinajstić information content (AvgIpc) is 3.52. The zero-order chi connectivity index (χ0) is 22.2. The number of amides is 1. The number of ether oxygens (including phenoxy) is 1. The molecule has 0 fully saturated rings. The number of H-pyrrole nitrogens is 1. The summed E-state index contributed by atoms with van der Waals surface area (Å²) in [6.07, 6.45) is 0. The molecule has 4 aromatic rings. The summed E-state index contributed by atoms with van der Waals surface area (Å²) in [4.78, 5) is 28.1. The number of carbonyl (C=O) groups is 2. The molecule has 0 bridgehead atoms. The first-order valence-corrected chi connectivity index (χ1v) is 11.0. The van der Waals surface area contributed by atoms with E-state index in [9.17, 15) is 14.7 Å². The normalized spacial score (nSPS) is 15.1. The number of phenolic OH excluding ortho intramolecular Hbond substituents is 1. The third kappa shape index (κ3) is 3.25. The number of aromatic nitrogens is 2. The van der Waals surface area contributed by atoms with Gasteiger partial charge in [0, 0.05) is 11.3 Å². The zero-order valence-electron chi connectivity index (χ0n) is 17.1. The fourth-order valence-corrected chi connectivity index (χ4v) is 4.73. The van der Waals surface area contributed by atoms with E-state index in [-0.39, 0.29) is 18.3 Å². The van der Waals surface area contributed by atoms with Gasteiger partial charge in [-0.3, -0.25) is 14.8 Å². The van der Waals surface area contributed by atoms with E-state index < -0.39 is 12.0 Å². The first-order chi connectivity index (χ1) is 15.6. The van der Waals surface area contributed by atoms with E-state index in [1.54, 1.807) is 65.6 Å². The number of aromatic amines is 1. The highest BCUT2D eigenvalue weighted by atomic mass is 32.1. The number of anilines is 1. The standard InChI is InChI=1S/C24H19N3O4S/c1-2-31-24(30)14-8-10-16(11-9-14)27-22(15-5-3-6-17(28)13-15)19-20(18-7-4-12-32-18)25-26-21(19)23(27)29/h3-13,22,28H,2H2,1H3,(H,25,26)/t22-/m1/s1. The summed E-state index contributed by atoms with van der Waals surface area (Å²) in [6, 6.07) is 17.0. The Morgan fingerprint density at radius 2 is 2.00 bits per heavy atom. The van der Waals surface area contributed by atoms with Gasteiger partial charge >= 0.3 is 5.97 Å².